The minimum absolute atomic E-state index is 0.440. The molecule has 30 heavy (non-hydrogen) atoms. The lowest BCUT2D eigenvalue weighted by molar-refractivity contribution is 0.292. The number of aromatic amines is 1. The lowest BCUT2D eigenvalue weighted by Crippen LogP contribution is -2.32. The number of anilines is 1. The monoisotopic (exact) mass is 419 g/mol. The average molecular weight is 420 g/mol. The van der Waals surface area contributed by atoms with Gasteiger partial charge in [-0.15, -0.1) is 0 Å². The van der Waals surface area contributed by atoms with Crippen LogP contribution < -0.4 is 5.32 Å². The molecule has 0 unspecified atom stereocenters. The van der Waals surface area contributed by atoms with Crippen molar-refractivity contribution in [3.63, 3.8) is 0 Å². The molecule has 6 heteroatoms. The predicted molar refractivity (Wildman–Crippen MR) is 127 cm³/mol. The van der Waals surface area contributed by atoms with Gasteiger partial charge in [-0.3, -0.25) is 4.90 Å². The van der Waals surface area contributed by atoms with E-state index in [-0.39, 0.29) is 0 Å². The Morgan fingerprint density at radius 2 is 1.87 bits per heavy atom. The number of fused-ring (bicyclic) bond motifs is 1. The number of aromatic nitrogens is 3. The summed E-state index contributed by atoms with van der Waals surface area (Å²) in [4.78, 5) is 15.9. The van der Waals surface area contributed by atoms with Crippen LogP contribution in [0.4, 0.5) is 5.82 Å². The first-order chi connectivity index (χ1) is 14.7. The molecule has 3 heterocycles. The minimum Gasteiger partial charge on any atom is -0.367 e. The highest BCUT2D eigenvalue weighted by atomic mass is 32.2. The summed E-state index contributed by atoms with van der Waals surface area (Å²) < 4.78 is 0. The van der Waals surface area contributed by atoms with Crippen molar-refractivity contribution < 1.29 is 0 Å². The first kappa shape index (κ1) is 19.6. The highest BCUT2D eigenvalue weighted by Crippen LogP contribution is 2.30. The molecule has 5 nitrogen and oxygen atoms in total. The highest BCUT2D eigenvalue weighted by molar-refractivity contribution is 7.99. The molecular formula is C24H29N5S. The molecule has 0 bridgehead atoms. The molecule has 0 amide bonds. The molecule has 3 aromatic rings. The van der Waals surface area contributed by atoms with Crippen molar-refractivity contribution in [2.24, 2.45) is 0 Å². The minimum atomic E-state index is 0.440. The summed E-state index contributed by atoms with van der Waals surface area (Å²) in [6, 6.07) is 12.9. The molecular weight excluding hydrogens is 390 g/mol. The number of allylic oxidation sites excluding steroid dienone is 1. The molecule has 0 spiro atoms. The number of hydrogen-bond donors (Lipinski definition) is 2. The van der Waals surface area contributed by atoms with E-state index in [9.17, 15) is 0 Å². The third-order valence-electron chi connectivity index (χ3n) is 6.11. The molecule has 1 saturated carbocycles. The van der Waals surface area contributed by atoms with Crippen molar-refractivity contribution in [1.29, 1.82) is 0 Å². The first-order valence-corrected chi connectivity index (χ1v) is 12.1. The van der Waals surface area contributed by atoms with Gasteiger partial charge in [-0.25, -0.2) is 9.97 Å². The fourth-order valence-corrected chi connectivity index (χ4v) is 5.32. The van der Waals surface area contributed by atoms with Crippen molar-refractivity contribution in [1.82, 2.24) is 19.9 Å². The summed E-state index contributed by atoms with van der Waals surface area (Å²) in [5, 5.41) is 4.84. The van der Waals surface area contributed by atoms with Crippen molar-refractivity contribution in [3.8, 4) is 11.4 Å². The molecule has 2 N–H and O–H groups in total. The number of hydrogen-bond acceptors (Lipinski definition) is 5. The van der Waals surface area contributed by atoms with Crippen LogP contribution >= 0.6 is 11.8 Å². The molecule has 2 aromatic heterocycles. The summed E-state index contributed by atoms with van der Waals surface area (Å²) in [5.74, 6) is 4.16. The normalized spacial score (nSPS) is 18.7. The molecule has 0 radical (unpaired) electrons. The van der Waals surface area contributed by atoms with E-state index in [0.29, 0.717) is 6.04 Å². The third kappa shape index (κ3) is 4.40. The van der Waals surface area contributed by atoms with Crippen molar-refractivity contribution in [2.45, 2.75) is 38.3 Å². The van der Waals surface area contributed by atoms with Gasteiger partial charge < -0.3 is 10.3 Å². The maximum atomic E-state index is 4.96. The zero-order chi connectivity index (χ0) is 20.3. The van der Waals surface area contributed by atoms with E-state index in [2.05, 4.69) is 40.0 Å². The second-order valence-corrected chi connectivity index (χ2v) is 9.60. The van der Waals surface area contributed by atoms with Gasteiger partial charge in [0, 0.05) is 48.4 Å². The summed E-state index contributed by atoms with van der Waals surface area (Å²) in [6.07, 6.45) is 4.44. The Labute approximate surface area is 182 Å². The van der Waals surface area contributed by atoms with E-state index in [1.54, 1.807) is 0 Å². The number of nitrogens with one attached hydrogen (secondary N) is 2. The topological polar surface area (TPSA) is 56.8 Å². The van der Waals surface area contributed by atoms with Gasteiger partial charge in [-0.1, -0.05) is 42.5 Å². The van der Waals surface area contributed by atoms with Gasteiger partial charge in [-0.2, -0.15) is 11.8 Å². The van der Waals surface area contributed by atoms with E-state index < -0.39 is 0 Å². The van der Waals surface area contributed by atoms with E-state index in [4.69, 9.17) is 9.97 Å². The summed E-state index contributed by atoms with van der Waals surface area (Å²) in [7, 11) is 0. The molecule has 2 aliphatic rings. The number of nitrogens with zero attached hydrogens (tertiary/aromatic N) is 3. The zero-order valence-electron chi connectivity index (χ0n) is 17.4. The molecule has 1 saturated heterocycles. The lowest BCUT2D eigenvalue weighted by atomic mass is 9.92. The zero-order valence-corrected chi connectivity index (χ0v) is 18.2. The Balaban J connectivity index is 1.48. The van der Waals surface area contributed by atoms with Gasteiger partial charge in [0.05, 0.1) is 5.39 Å². The van der Waals surface area contributed by atoms with E-state index >= 15 is 0 Å². The van der Waals surface area contributed by atoms with Crippen LogP contribution in [0.3, 0.4) is 0 Å². The Bertz CT molecular complexity index is 1010. The van der Waals surface area contributed by atoms with Gasteiger partial charge in [0.15, 0.2) is 5.82 Å². The summed E-state index contributed by atoms with van der Waals surface area (Å²) in [5.41, 5.74) is 4.56. The van der Waals surface area contributed by atoms with Crippen LogP contribution in [0.1, 0.15) is 31.4 Å². The fraction of sp³-hybridized carbons (Fsp3) is 0.417. The molecule has 2 fully saturated rings. The summed E-state index contributed by atoms with van der Waals surface area (Å²) in [6.45, 7) is 7.40. The Kier molecular flexibility index (Phi) is 5.77. The van der Waals surface area contributed by atoms with Crippen LogP contribution in [-0.2, 0) is 6.54 Å². The SMILES string of the molecule is C=C1CCC(Nc2nc(-c3ccccc3)nc3[nH]c(CN4CCSCC4)cc23)CC1. The van der Waals surface area contributed by atoms with E-state index in [0.717, 1.165) is 73.6 Å². The van der Waals surface area contributed by atoms with Crippen LogP contribution in [0, 0.1) is 0 Å². The molecule has 5 rings (SSSR count). The molecule has 0 atom stereocenters. The smallest absolute Gasteiger partial charge is 0.163 e. The Morgan fingerprint density at radius 1 is 1.10 bits per heavy atom. The van der Waals surface area contributed by atoms with Crippen LogP contribution in [0.5, 0.6) is 0 Å². The Morgan fingerprint density at radius 3 is 2.63 bits per heavy atom. The molecule has 156 valence electrons. The number of thioether (sulfide) groups is 1. The molecule has 1 aliphatic heterocycles. The highest BCUT2D eigenvalue weighted by Gasteiger charge is 2.20. The molecule has 1 aliphatic carbocycles. The first-order valence-electron chi connectivity index (χ1n) is 10.9. The van der Waals surface area contributed by atoms with Crippen LogP contribution in [0.25, 0.3) is 22.4 Å². The predicted octanol–water partition coefficient (Wildman–Crippen LogP) is 5.08. The van der Waals surface area contributed by atoms with Crippen LogP contribution in [0.2, 0.25) is 0 Å². The van der Waals surface area contributed by atoms with Crippen molar-refractivity contribution in [2.75, 3.05) is 29.9 Å². The van der Waals surface area contributed by atoms with Crippen molar-refractivity contribution in [3.05, 3.63) is 54.2 Å². The maximum Gasteiger partial charge on any atom is 0.163 e. The fourth-order valence-electron chi connectivity index (χ4n) is 4.34. The van der Waals surface area contributed by atoms with Gasteiger partial charge in [0.2, 0.25) is 0 Å². The van der Waals surface area contributed by atoms with Crippen LogP contribution in [-0.4, -0.2) is 50.5 Å². The van der Waals surface area contributed by atoms with Crippen molar-refractivity contribution >= 4 is 28.6 Å². The Hall–Kier alpha value is -2.31. The second-order valence-electron chi connectivity index (χ2n) is 8.38. The maximum absolute atomic E-state index is 4.96. The largest absolute Gasteiger partial charge is 0.367 e. The summed E-state index contributed by atoms with van der Waals surface area (Å²) >= 11 is 2.05. The second kappa shape index (κ2) is 8.82. The van der Waals surface area contributed by atoms with Gasteiger partial charge in [0.25, 0.3) is 0 Å². The number of H-pyrrole nitrogens is 1. The molecule has 1 aromatic carbocycles. The average Bonchev–Trinajstić information content (AvgIpc) is 3.19. The van der Waals surface area contributed by atoms with E-state index in [1.165, 1.54) is 22.8 Å². The van der Waals surface area contributed by atoms with Gasteiger partial charge in [-0.05, 0) is 31.7 Å². The quantitative estimate of drug-likeness (QED) is 0.565. The van der Waals surface area contributed by atoms with Gasteiger partial charge in [0.1, 0.15) is 11.5 Å². The van der Waals surface area contributed by atoms with E-state index in [1.807, 2.05) is 30.0 Å². The van der Waals surface area contributed by atoms with Gasteiger partial charge >= 0.3 is 0 Å². The third-order valence-corrected chi connectivity index (χ3v) is 7.05. The standard InChI is InChI=1S/C24H29N5S/c1-17-7-9-19(10-8-17)25-23-21-15-20(16-29-11-13-30-14-12-29)26-24(21)28-22(27-23)18-5-3-2-4-6-18/h2-6,15,19H,1,7-14,16H2,(H2,25,26,27,28). The number of benzene rings is 1. The number of rotatable bonds is 5. The van der Waals surface area contributed by atoms with Crippen LogP contribution in [0.15, 0.2) is 48.6 Å². The lowest BCUT2D eigenvalue weighted by Gasteiger charge is -2.25.